The first-order valence-electron chi connectivity index (χ1n) is 4.18. The summed E-state index contributed by atoms with van der Waals surface area (Å²) in [5.41, 5.74) is 0. The zero-order valence-corrected chi connectivity index (χ0v) is 7.89. The van der Waals surface area contributed by atoms with Crippen LogP contribution in [0.3, 0.4) is 0 Å². The molecule has 0 amide bonds. The van der Waals surface area contributed by atoms with Crippen LogP contribution in [-0.4, -0.2) is 13.1 Å². The summed E-state index contributed by atoms with van der Waals surface area (Å²) in [6, 6.07) is 0. The standard InChI is InChI=1S/C9H18O2/c1-5-8(7(2)3)6-9(10)11-4/h7-8H,5-6H2,1-4H3/t8-/m0/s1. The van der Waals surface area contributed by atoms with Crippen molar-refractivity contribution >= 4 is 5.97 Å². The third-order valence-corrected chi connectivity index (χ3v) is 2.12. The highest BCUT2D eigenvalue weighted by Crippen LogP contribution is 2.18. The Bertz CT molecular complexity index is 119. The lowest BCUT2D eigenvalue weighted by Crippen LogP contribution is -2.14. The summed E-state index contributed by atoms with van der Waals surface area (Å²) in [4.78, 5) is 10.9. The molecule has 0 aliphatic carbocycles. The molecule has 1 atom stereocenters. The van der Waals surface area contributed by atoms with Crippen molar-refractivity contribution in [2.24, 2.45) is 11.8 Å². The van der Waals surface area contributed by atoms with E-state index in [0.717, 1.165) is 6.42 Å². The third-order valence-electron chi connectivity index (χ3n) is 2.12. The molecular formula is C9H18O2. The molecular weight excluding hydrogens is 140 g/mol. The van der Waals surface area contributed by atoms with Gasteiger partial charge in [0.1, 0.15) is 0 Å². The Balaban J connectivity index is 3.78. The van der Waals surface area contributed by atoms with Crippen LogP contribution in [0.2, 0.25) is 0 Å². The Morgan fingerprint density at radius 2 is 2.00 bits per heavy atom. The average molecular weight is 158 g/mol. The van der Waals surface area contributed by atoms with Crippen molar-refractivity contribution in [2.45, 2.75) is 33.6 Å². The van der Waals surface area contributed by atoms with E-state index in [-0.39, 0.29) is 5.97 Å². The fraction of sp³-hybridized carbons (Fsp3) is 0.889. The van der Waals surface area contributed by atoms with E-state index in [1.165, 1.54) is 7.11 Å². The van der Waals surface area contributed by atoms with Gasteiger partial charge in [0.05, 0.1) is 7.11 Å². The molecule has 0 N–H and O–H groups in total. The summed E-state index contributed by atoms with van der Waals surface area (Å²) in [5.74, 6) is 0.951. The molecule has 0 unspecified atom stereocenters. The molecule has 0 aromatic heterocycles. The van der Waals surface area contributed by atoms with Gasteiger partial charge in [-0.3, -0.25) is 4.79 Å². The normalized spacial score (nSPS) is 13.2. The van der Waals surface area contributed by atoms with Gasteiger partial charge in [0, 0.05) is 6.42 Å². The van der Waals surface area contributed by atoms with E-state index in [1.807, 2.05) is 0 Å². The first-order valence-corrected chi connectivity index (χ1v) is 4.18. The highest BCUT2D eigenvalue weighted by atomic mass is 16.5. The molecule has 2 heteroatoms. The highest BCUT2D eigenvalue weighted by Gasteiger charge is 2.15. The summed E-state index contributed by atoms with van der Waals surface area (Å²) in [7, 11) is 1.44. The summed E-state index contributed by atoms with van der Waals surface area (Å²) in [5, 5.41) is 0. The number of rotatable bonds is 4. The van der Waals surface area contributed by atoms with Crippen LogP contribution in [0, 0.1) is 11.8 Å². The first-order chi connectivity index (χ1) is 5.11. The molecule has 0 fully saturated rings. The number of ether oxygens (including phenoxy) is 1. The molecule has 0 aliphatic rings. The predicted octanol–water partition coefficient (Wildman–Crippen LogP) is 2.23. The maximum absolute atomic E-state index is 10.9. The SMILES string of the molecule is CC[C@@H](CC(=O)OC)C(C)C. The van der Waals surface area contributed by atoms with Crippen LogP contribution < -0.4 is 0 Å². The van der Waals surface area contributed by atoms with Crippen molar-refractivity contribution < 1.29 is 9.53 Å². The van der Waals surface area contributed by atoms with Crippen LogP contribution in [0.4, 0.5) is 0 Å². The summed E-state index contributed by atoms with van der Waals surface area (Å²) < 4.78 is 4.59. The molecule has 0 heterocycles. The lowest BCUT2D eigenvalue weighted by molar-refractivity contribution is -0.142. The van der Waals surface area contributed by atoms with Gasteiger partial charge < -0.3 is 4.74 Å². The third kappa shape index (κ3) is 4.02. The van der Waals surface area contributed by atoms with Crippen LogP contribution in [-0.2, 0) is 9.53 Å². The topological polar surface area (TPSA) is 26.3 Å². The monoisotopic (exact) mass is 158 g/mol. The largest absolute Gasteiger partial charge is 0.469 e. The predicted molar refractivity (Wildman–Crippen MR) is 45.3 cm³/mol. The maximum Gasteiger partial charge on any atom is 0.305 e. The molecule has 0 bridgehead atoms. The maximum atomic E-state index is 10.9. The molecule has 0 saturated heterocycles. The van der Waals surface area contributed by atoms with Gasteiger partial charge in [0.2, 0.25) is 0 Å². The fourth-order valence-corrected chi connectivity index (χ4v) is 1.15. The molecule has 0 radical (unpaired) electrons. The van der Waals surface area contributed by atoms with E-state index in [2.05, 4.69) is 25.5 Å². The zero-order valence-electron chi connectivity index (χ0n) is 7.89. The second-order valence-corrected chi connectivity index (χ2v) is 3.19. The molecule has 0 aliphatic heterocycles. The van der Waals surface area contributed by atoms with Gasteiger partial charge in [-0.2, -0.15) is 0 Å². The Morgan fingerprint density at radius 1 is 1.45 bits per heavy atom. The van der Waals surface area contributed by atoms with Crippen LogP contribution in [0.1, 0.15) is 33.6 Å². The fourth-order valence-electron chi connectivity index (χ4n) is 1.15. The van der Waals surface area contributed by atoms with Gasteiger partial charge in [-0.1, -0.05) is 27.2 Å². The van der Waals surface area contributed by atoms with Gasteiger partial charge in [0.25, 0.3) is 0 Å². The molecule has 0 rings (SSSR count). The zero-order chi connectivity index (χ0) is 8.85. The average Bonchev–Trinajstić information content (AvgIpc) is 1.99. The smallest absolute Gasteiger partial charge is 0.305 e. The Kier molecular flexibility index (Phi) is 4.92. The van der Waals surface area contributed by atoms with Crippen molar-refractivity contribution in [1.29, 1.82) is 0 Å². The van der Waals surface area contributed by atoms with Gasteiger partial charge in [0.15, 0.2) is 0 Å². The van der Waals surface area contributed by atoms with Crippen molar-refractivity contribution in [3.05, 3.63) is 0 Å². The molecule has 11 heavy (non-hydrogen) atoms. The summed E-state index contributed by atoms with van der Waals surface area (Å²) >= 11 is 0. The number of hydrogen-bond donors (Lipinski definition) is 0. The van der Waals surface area contributed by atoms with E-state index in [1.54, 1.807) is 0 Å². The van der Waals surface area contributed by atoms with Crippen molar-refractivity contribution in [3.63, 3.8) is 0 Å². The second kappa shape index (κ2) is 5.16. The van der Waals surface area contributed by atoms with Gasteiger partial charge >= 0.3 is 5.97 Å². The lowest BCUT2D eigenvalue weighted by Gasteiger charge is -2.16. The number of methoxy groups -OCH3 is 1. The van der Waals surface area contributed by atoms with E-state index in [0.29, 0.717) is 18.3 Å². The van der Waals surface area contributed by atoms with Crippen LogP contribution in [0.25, 0.3) is 0 Å². The van der Waals surface area contributed by atoms with E-state index < -0.39 is 0 Å². The van der Waals surface area contributed by atoms with Crippen LogP contribution >= 0.6 is 0 Å². The first kappa shape index (κ1) is 10.5. The number of esters is 1. The Morgan fingerprint density at radius 3 is 2.27 bits per heavy atom. The Hall–Kier alpha value is -0.530. The van der Waals surface area contributed by atoms with E-state index in [9.17, 15) is 4.79 Å². The number of carbonyl (C=O) groups is 1. The van der Waals surface area contributed by atoms with Gasteiger partial charge in [-0.15, -0.1) is 0 Å². The minimum Gasteiger partial charge on any atom is -0.469 e. The van der Waals surface area contributed by atoms with Crippen molar-refractivity contribution in [1.82, 2.24) is 0 Å². The van der Waals surface area contributed by atoms with Gasteiger partial charge in [-0.05, 0) is 11.8 Å². The van der Waals surface area contributed by atoms with E-state index in [4.69, 9.17) is 0 Å². The summed E-state index contributed by atoms with van der Waals surface area (Å²) in [6.07, 6.45) is 1.61. The lowest BCUT2D eigenvalue weighted by atomic mass is 9.90. The Labute approximate surface area is 68.9 Å². The molecule has 0 spiro atoms. The minimum atomic E-state index is -0.0921. The quantitative estimate of drug-likeness (QED) is 0.586. The van der Waals surface area contributed by atoms with Gasteiger partial charge in [-0.25, -0.2) is 0 Å². The molecule has 0 saturated carbocycles. The second-order valence-electron chi connectivity index (χ2n) is 3.19. The number of carbonyl (C=O) groups excluding carboxylic acids is 1. The summed E-state index contributed by atoms with van der Waals surface area (Å²) in [6.45, 7) is 6.38. The van der Waals surface area contributed by atoms with Crippen LogP contribution in [0.15, 0.2) is 0 Å². The van der Waals surface area contributed by atoms with Crippen molar-refractivity contribution in [2.75, 3.05) is 7.11 Å². The van der Waals surface area contributed by atoms with Crippen LogP contribution in [0.5, 0.6) is 0 Å². The van der Waals surface area contributed by atoms with E-state index >= 15 is 0 Å². The molecule has 66 valence electrons. The minimum absolute atomic E-state index is 0.0921. The van der Waals surface area contributed by atoms with Crippen molar-refractivity contribution in [3.8, 4) is 0 Å². The highest BCUT2D eigenvalue weighted by molar-refractivity contribution is 5.69. The molecule has 0 aromatic carbocycles. The molecule has 2 nitrogen and oxygen atoms in total. The molecule has 0 aromatic rings. The number of hydrogen-bond acceptors (Lipinski definition) is 2.